The molecule has 1 rings (SSSR count). The maximum absolute atomic E-state index is 3.83. The Balaban J connectivity index is 2.77. The summed E-state index contributed by atoms with van der Waals surface area (Å²) in [7, 11) is 0. The van der Waals surface area contributed by atoms with Crippen LogP contribution in [0.5, 0.6) is 0 Å². The molecule has 4 heteroatoms. The van der Waals surface area contributed by atoms with Gasteiger partial charge in [-0.25, -0.2) is 4.68 Å². The third-order valence-corrected chi connectivity index (χ3v) is 0.655. The van der Waals surface area contributed by atoms with Crippen LogP contribution in [0.25, 0.3) is 0 Å². The third kappa shape index (κ3) is 0.900. The maximum atomic E-state index is 3.83. The van der Waals surface area contributed by atoms with E-state index >= 15 is 0 Å². The normalized spacial score (nSPS) is 10.6. The first-order valence-corrected chi connectivity index (χ1v) is 2.27. The van der Waals surface area contributed by atoms with Crippen molar-refractivity contribution in [3.8, 4) is 0 Å². The molecule has 0 saturated carbocycles. The molecule has 0 saturated heterocycles. The number of hydrogen-bond acceptors (Lipinski definition) is 3. The lowest BCUT2D eigenvalue weighted by Gasteiger charge is -1.81. The molecule has 42 valence electrons. The largest absolute Gasteiger partial charge is 0.208 e. The van der Waals surface area contributed by atoms with Gasteiger partial charge in [0.2, 0.25) is 0 Å². The van der Waals surface area contributed by atoms with E-state index in [1.54, 1.807) is 6.21 Å². The fraction of sp³-hybridized carbons (Fsp3) is 0.250. The van der Waals surface area contributed by atoms with Crippen LogP contribution in [-0.4, -0.2) is 21.1 Å². The summed E-state index contributed by atoms with van der Waals surface area (Å²) in [5, 5.41) is 10.9. The van der Waals surface area contributed by atoms with Crippen LogP contribution in [0.4, 0.5) is 0 Å². The Morgan fingerprint density at radius 2 is 2.12 bits per heavy atom. The van der Waals surface area contributed by atoms with Crippen molar-refractivity contribution in [1.29, 1.82) is 0 Å². The van der Waals surface area contributed by atoms with Gasteiger partial charge in [-0.15, -0.1) is 10.2 Å². The summed E-state index contributed by atoms with van der Waals surface area (Å²) in [5.74, 6) is 0. The van der Waals surface area contributed by atoms with Crippen LogP contribution in [0.3, 0.4) is 0 Å². The van der Waals surface area contributed by atoms with Crippen molar-refractivity contribution in [2.45, 2.75) is 6.92 Å². The number of hydrogen-bond donors (Lipinski definition) is 0. The summed E-state index contributed by atoms with van der Waals surface area (Å²) in [6.45, 7) is 1.83. The van der Waals surface area contributed by atoms with E-state index in [0.29, 0.717) is 0 Å². The predicted molar refractivity (Wildman–Crippen MR) is 29.6 cm³/mol. The predicted octanol–water partition coefficient (Wildman–Crippen LogP) is 0.132. The van der Waals surface area contributed by atoms with Crippen LogP contribution in [0.2, 0.25) is 0 Å². The molecule has 0 atom stereocenters. The third-order valence-electron chi connectivity index (χ3n) is 0.655. The zero-order valence-corrected chi connectivity index (χ0v) is 4.52. The van der Waals surface area contributed by atoms with E-state index in [-0.39, 0.29) is 0 Å². The zero-order chi connectivity index (χ0) is 5.82. The summed E-state index contributed by atoms with van der Waals surface area (Å²) < 4.78 is 1.53. The van der Waals surface area contributed by atoms with Crippen LogP contribution in [0, 0.1) is 0 Å². The summed E-state index contributed by atoms with van der Waals surface area (Å²) >= 11 is 0. The second-order valence-corrected chi connectivity index (χ2v) is 1.22. The molecule has 0 aliphatic heterocycles. The van der Waals surface area contributed by atoms with Crippen molar-refractivity contribution in [2.24, 2.45) is 5.10 Å². The van der Waals surface area contributed by atoms with Crippen molar-refractivity contribution in [3.05, 3.63) is 12.7 Å². The minimum Gasteiger partial charge on any atom is -0.208 e. The molecule has 0 radical (unpaired) electrons. The molecule has 4 nitrogen and oxygen atoms in total. The Hall–Kier alpha value is -1.19. The molecule has 1 aromatic heterocycles. The highest BCUT2D eigenvalue weighted by molar-refractivity contribution is 5.52. The molecular formula is C4H6N4. The molecule has 0 aromatic carbocycles. The van der Waals surface area contributed by atoms with Gasteiger partial charge >= 0.3 is 0 Å². The van der Waals surface area contributed by atoms with Crippen LogP contribution in [-0.2, 0) is 0 Å². The standard InChI is InChI=1S/C4H6N4/c1-2-7-8-3-5-6-4-8/h2-4H,1H3/b7-2+. The van der Waals surface area contributed by atoms with Crippen molar-refractivity contribution >= 4 is 6.21 Å². The van der Waals surface area contributed by atoms with Crippen LogP contribution in [0.1, 0.15) is 6.92 Å². The molecule has 1 heterocycles. The topological polar surface area (TPSA) is 43.1 Å². The second-order valence-electron chi connectivity index (χ2n) is 1.22. The molecule has 0 fully saturated rings. The first kappa shape index (κ1) is 4.96. The van der Waals surface area contributed by atoms with Crippen LogP contribution in [0.15, 0.2) is 17.8 Å². The van der Waals surface area contributed by atoms with Gasteiger partial charge in [0.15, 0.2) is 0 Å². The minimum atomic E-state index is 1.53. The van der Waals surface area contributed by atoms with Gasteiger partial charge in [-0.2, -0.15) is 5.10 Å². The number of nitrogens with zero attached hydrogens (tertiary/aromatic N) is 4. The lowest BCUT2D eigenvalue weighted by molar-refractivity contribution is 0.877. The SMILES string of the molecule is C/C=N/n1cnnc1. The van der Waals surface area contributed by atoms with Gasteiger partial charge in [-0.3, -0.25) is 0 Å². The Bertz CT molecular complexity index is 164. The quantitative estimate of drug-likeness (QED) is 0.482. The Kier molecular flexibility index (Phi) is 1.37. The zero-order valence-electron chi connectivity index (χ0n) is 4.52. The van der Waals surface area contributed by atoms with E-state index in [1.807, 2.05) is 6.92 Å². The molecule has 0 bridgehead atoms. The van der Waals surface area contributed by atoms with E-state index < -0.39 is 0 Å². The fourth-order valence-corrected chi connectivity index (χ4v) is 0.388. The lowest BCUT2D eigenvalue weighted by atomic mass is 10.9. The van der Waals surface area contributed by atoms with E-state index in [1.165, 1.54) is 17.3 Å². The van der Waals surface area contributed by atoms with Gasteiger partial charge in [-0.05, 0) is 6.92 Å². The van der Waals surface area contributed by atoms with Crippen molar-refractivity contribution in [3.63, 3.8) is 0 Å². The van der Waals surface area contributed by atoms with Crippen molar-refractivity contribution in [1.82, 2.24) is 14.9 Å². The van der Waals surface area contributed by atoms with Gasteiger partial charge in [0.25, 0.3) is 0 Å². The van der Waals surface area contributed by atoms with Crippen molar-refractivity contribution < 1.29 is 0 Å². The monoisotopic (exact) mass is 110 g/mol. The molecule has 0 N–H and O–H groups in total. The van der Waals surface area contributed by atoms with E-state index in [4.69, 9.17) is 0 Å². The number of rotatable bonds is 1. The molecule has 0 amide bonds. The highest BCUT2D eigenvalue weighted by Gasteiger charge is 1.77. The smallest absolute Gasteiger partial charge is 0.141 e. The molecule has 0 unspecified atom stereocenters. The molecule has 0 aliphatic rings. The molecule has 0 aliphatic carbocycles. The minimum absolute atomic E-state index is 1.53. The molecular weight excluding hydrogens is 104 g/mol. The van der Waals surface area contributed by atoms with E-state index in [2.05, 4.69) is 15.3 Å². The van der Waals surface area contributed by atoms with E-state index in [0.717, 1.165) is 0 Å². The molecule has 0 spiro atoms. The summed E-state index contributed by atoms with van der Waals surface area (Å²) in [6, 6.07) is 0. The summed E-state index contributed by atoms with van der Waals surface area (Å²) in [6.07, 6.45) is 4.73. The molecule has 8 heavy (non-hydrogen) atoms. The molecule has 1 aromatic rings. The maximum Gasteiger partial charge on any atom is 0.141 e. The highest BCUT2D eigenvalue weighted by atomic mass is 15.4. The van der Waals surface area contributed by atoms with Gasteiger partial charge in [0, 0.05) is 6.21 Å². The van der Waals surface area contributed by atoms with Gasteiger partial charge in [0.05, 0.1) is 0 Å². The highest BCUT2D eigenvalue weighted by Crippen LogP contribution is 1.76. The first-order chi connectivity index (χ1) is 3.93. The van der Waals surface area contributed by atoms with Gasteiger partial charge < -0.3 is 0 Å². The Morgan fingerprint density at radius 3 is 2.62 bits per heavy atom. The van der Waals surface area contributed by atoms with Gasteiger partial charge in [-0.1, -0.05) is 0 Å². The van der Waals surface area contributed by atoms with E-state index in [9.17, 15) is 0 Å². The summed E-state index contributed by atoms with van der Waals surface area (Å²) in [5.41, 5.74) is 0. The van der Waals surface area contributed by atoms with Crippen molar-refractivity contribution in [2.75, 3.05) is 0 Å². The van der Waals surface area contributed by atoms with Crippen LogP contribution >= 0.6 is 0 Å². The second kappa shape index (κ2) is 2.20. The Labute approximate surface area is 46.9 Å². The fourth-order valence-electron chi connectivity index (χ4n) is 0.388. The average Bonchev–Trinajstić information content (AvgIpc) is 2.19. The number of aromatic nitrogens is 3. The first-order valence-electron chi connectivity index (χ1n) is 2.27. The van der Waals surface area contributed by atoms with Crippen LogP contribution < -0.4 is 0 Å². The van der Waals surface area contributed by atoms with Gasteiger partial charge in [0.1, 0.15) is 12.7 Å². The summed E-state index contributed by atoms with van der Waals surface area (Å²) in [4.78, 5) is 0. The lowest BCUT2D eigenvalue weighted by Crippen LogP contribution is -1.80. The average molecular weight is 110 g/mol. The Morgan fingerprint density at radius 1 is 1.50 bits per heavy atom.